The predicted molar refractivity (Wildman–Crippen MR) is 121 cm³/mol. The number of ether oxygens (including phenoxy) is 1. The van der Waals surface area contributed by atoms with Gasteiger partial charge in [-0.15, -0.1) is 0 Å². The topological polar surface area (TPSA) is 133 Å². The molecule has 166 valence electrons. The summed E-state index contributed by atoms with van der Waals surface area (Å²) in [6, 6.07) is 13.1. The van der Waals surface area contributed by atoms with Crippen LogP contribution >= 0.6 is 0 Å². The molecule has 4 aromatic rings. The maximum Gasteiger partial charge on any atom is 0.241 e. The molecule has 0 bridgehead atoms. The molecule has 2 atom stereocenters. The van der Waals surface area contributed by atoms with Gasteiger partial charge in [0.05, 0.1) is 23.7 Å². The Hall–Kier alpha value is -3.94. The van der Waals surface area contributed by atoms with Crippen LogP contribution in [0.15, 0.2) is 66.0 Å². The fourth-order valence-electron chi connectivity index (χ4n) is 4.27. The highest BCUT2D eigenvalue weighted by atomic mass is 32.2. The molecule has 1 aliphatic carbocycles. The number of nitrogens with zero attached hydrogens (tertiary/aromatic N) is 3. The molecular weight excluding hydrogens is 440 g/mol. The van der Waals surface area contributed by atoms with E-state index in [2.05, 4.69) is 25.0 Å². The molecule has 0 spiro atoms. The van der Waals surface area contributed by atoms with Crippen LogP contribution in [0.4, 0.5) is 0 Å². The number of rotatable bonds is 6. The number of benzene rings is 2. The first-order valence-electron chi connectivity index (χ1n) is 10.2. The van der Waals surface area contributed by atoms with Crippen molar-refractivity contribution in [1.82, 2.24) is 25.0 Å². The summed E-state index contributed by atoms with van der Waals surface area (Å²) in [5.41, 5.74) is 4.05. The fourth-order valence-corrected chi connectivity index (χ4v) is 5.50. The summed E-state index contributed by atoms with van der Waals surface area (Å²) in [6.07, 6.45) is 5.70. The molecule has 3 N–H and O–H groups in total. The van der Waals surface area contributed by atoms with Crippen LogP contribution in [0, 0.1) is 11.5 Å². The van der Waals surface area contributed by atoms with Gasteiger partial charge in [0.1, 0.15) is 17.7 Å². The number of fused-ring (bicyclic) bond motifs is 2. The van der Waals surface area contributed by atoms with E-state index in [1.165, 1.54) is 25.6 Å². The van der Waals surface area contributed by atoms with Crippen molar-refractivity contribution >= 4 is 21.1 Å². The van der Waals surface area contributed by atoms with Gasteiger partial charge in [0.15, 0.2) is 6.19 Å². The summed E-state index contributed by atoms with van der Waals surface area (Å²) in [4.78, 5) is 11.9. The summed E-state index contributed by atoms with van der Waals surface area (Å²) in [5, 5.41) is 12.9. The van der Waals surface area contributed by atoms with E-state index in [1.54, 1.807) is 18.3 Å². The van der Waals surface area contributed by atoms with Gasteiger partial charge >= 0.3 is 0 Å². The number of nitriles is 1. The van der Waals surface area contributed by atoms with Crippen LogP contribution < -0.4 is 14.8 Å². The van der Waals surface area contributed by atoms with E-state index in [0.717, 1.165) is 33.4 Å². The Kier molecular flexibility index (Phi) is 5.20. The van der Waals surface area contributed by atoms with Crippen LogP contribution in [-0.4, -0.2) is 30.5 Å². The molecule has 1 aliphatic rings. The van der Waals surface area contributed by atoms with Crippen LogP contribution in [-0.2, 0) is 10.0 Å². The average Bonchev–Trinajstić information content (AvgIpc) is 3.44. The third-order valence-corrected chi connectivity index (χ3v) is 7.33. The smallest absolute Gasteiger partial charge is 0.241 e. The first-order chi connectivity index (χ1) is 16.0. The maximum atomic E-state index is 13.0. The Labute approximate surface area is 190 Å². The van der Waals surface area contributed by atoms with Gasteiger partial charge in [0, 0.05) is 23.2 Å². The molecule has 0 saturated carbocycles. The molecule has 0 saturated heterocycles. The van der Waals surface area contributed by atoms with E-state index in [1.807, 2.05) is 30.5 Å². The number of methoxy groups -OCH3 is 1. The van der Waals surface area contributed by atoms with Gasteiger partial charge < -0.3 is 15.0 Å². The van der Waals surface area contributed by atoms with E-state index in [4.69, 9.17) is 4.74 Å². The van der Waals surface area contributed by atoms with Gasteiger partial charge in [-0.3, -0.25) is 0 Å². The second-order valence-corrected chi connectivity index (χ2v) is 9.41. The number of aromatic amines is 1. The number of hydrogen-bond donors (Lipinski definition) is 3. The lowest BCUT2D eigenvalue weighted by Gasteiger charge is -2.15. The number of hydrogen-bond acceptors (Lipinski definition) is 7. The van der Waals surface area contributed by atoms with Gasteiger partial charge in [0.2, 0.25) is 10.0 Å². The molecule has 2 heterocycles. The molecule has 9 nitrogen and oxygen atoms in total. The minimum absolute atomic E-state index is 0.147. The van der Waals surface area contributed by atoms with Crippen LogP contribution in [0.3, 0.4) is 0 Å². The van der Waals surface area contributed by atoms with Gasteiger partial charge in [0.25, 0.3) is 0 Å². The lowest BCUT2D eigenvalue weighted by molar-refractivity contribution is 0.414. The van der Waals surface area contributed by atoms with Crippen molar-refractivity contribution in [3.63, 3.8) is 0 Å². The summed E-state index contributed by atoms with van der Waals surface area (Å²) in [6.45, 7) is 0. The van der Waals surface area contributed by atoms with Crippen molar-refractivity contribution in [2.45, 2.75) is 23.4 Å². The third kappa shape index (κ3) is 3.77. The molecule has 2 unspecified atom stereocenters. The van der Waals surface area contributed by atoms with Crippen LogP contribution in [0.5, 0.6) is 5.75 Å². The lowest BCUT2D eigenvalue weighted by Crippen LogP contribution is -2.28. The quantitative estimate of drug-likeness (QED) is 0.297. The lowest BCUT2D eigenvalue weighted by atomic mass is 10.0. The average molecular weight is 461 g/mol. The van der Waals surface area contributed by atoms with Crippen LogP contribution in [0.1, 0.15) is 29.6 Å². The van der Waals surface area contributed by atoms with Crippen LogP contribution in [0.2, 0.25) is 0 Å². The Morgan fingerprint density at radius 2 is 1.91 bits per heavy atom. The summed E-state index contributed by atoms with van der Waals surface area (Å²) >= 11 is 0. The van der Waals surface area contributed by atoms with Crippen molar-refractivity contribution in [3.05, 3.63) is 72.2 Å². The SMILES string of the molecule is COc1ccc(S(=O)(=O)NC2CC(NC#N)c3cc(-c4ncnc5[nH]ccc45)ccc32)cc1. The number of nitrogens with one attached hydrogen (secondary N) is 3. The largest absolute Gasteiger partial charge is 0.497 e. The van der Waals surface area contributed by atoms with E-state index >= 15 is 0 Å². The number of sulfonamides is 1. The first kappa shape index (κ1) is 20.9. The zero-order chi connectivity index (χ0) is 23.0. The molecule has 2 aromatic carbocycles. The van der Waals surface area contributed by atoms with Crippen molar-refractivity contribution in [2.75, 3.05) is 7.11 Å². The fraction of sp³-hybridized carbons (Fsp3) is 0.174. The highest BCUT2D eigenvalue weighted by Crippen LogP contribution is 2.41. The zero-order valence-electron chi connectivity index (χ0n) is 17.6. The standard InChI is InChI=1S/C23H20N6O3S/c1-32-15-3-5-16(6-4-15)33(30,31)29-21-11-20(26-12-24)19-10-14(2-7-17(19)21)22-18-8-9-25-23(18)28-13-27-22/h2-10,13,20-21,26,29H,11H2,1H3,(H,25,27,28). The monoisotopic (exact) mass is 460 g/mol. The molecule has 10 heteroatoms. The first-order valence-corrected chi connectivity index (χ1v) is 11.7. The van der Waals surface area contributed by atoms with E-state index in [0.29, 0.717) is 12.2 Å². The van der Waals surface area contributed by atoms with E-state index < -0.39 is 16.1 Å². The van der Waals surface area contributed by atoms with E-state index in [-0.39, 0.29) is 10.9 Å². The normalized spacial score (nSPS) is 17.5. The molecule has 0 radical (unpaired) electrons. The Balaban J connectivity index is 1.50. The zero-order valence-corrected chi connectivity index (χ0v) is 18.4. The summed E-state index contributed by atoms with van der Waals surface area (Å²) in [7, 11) is -2.25. The van der Waals surface area contributed by atoms with Crippen molar-refractivity contribution in [2.24, 2.45) is 0 Å². The van der Waals surface area contributed by atoms with Gasteiger partial charge in [-0.05, 0) is 53.9 Å². The Morgan fingerprint density at radius 1 is 1.09 bits per heavy atom. The molecule has 0 fully saturated rings. The highest BCUT2D eigenvalue weighted by molar-refractivity contribution is 7.89. The molecule has 33 heavy (non-hydrogen) atoms. The van der Waals surface area contributed by atoms with E-state index in [9.17, 15) is 13.7 Å². The minimum atomic E-state index is -3.77. The van der Waals surface area contributed by atoms with Gasteiger partial charge in [-0.25, -0.2) is 23.1 Å². The summed E-state index contributed by atoms with van der Waals surface area (Å²) in [5.74, 6) is 0.576. The number of aromatic nitrogens is 3. The van der Waals surface area contributed by atoms with Crippen LogP contribution in [0.25, 0.3) is 22.3 Å². The molecule has 2 aromatic heterocycles. The second-order valence-electron chi connectivity index (χ2n) is 7.70. The molecule has 0 aliphatic heterocycles. The highest BCUT2D eigenvalue weighted by Gasteiger charge is 2.34. The van der Waals surface area contributed by atoms with Crippen molar-refractivity contribution in [3.8, 4) is 23.2 Å². The van der Waals surface area contributed by atoms with Gasteiger partial charge in [-0.1, -0.05) is 12.1 Å². The maximum absolute atomic E-state index is 13.0. The molecule has 5 rings (SSSR count). The number of H-pyrrole nitrogens is 1. The third-order valence-electron chi connectivity index (χ3n) is 5.84. The second kappa shape index (κ2) is 8.20. The van der Waals surface area contributed by atoms with Crippen molar-refractivity contribution < 1.29 is 13.2 Å². The minimum Gasteiger partial charge on any atom is -0.497 e. The Bertz CT molecular complexity index is 1470. The van der Waals surface area contributed by atoms with Gasteiger partial charge in [-0.2, -0.15) is 5.26 Å². The predicted octanol–water partition coefficient (Wildman–Crippen LogP) is 3.17. The Morgan fingerprint density at radius 3 is 2.67 bits per heavy atom. The molecular formula is C23H20N6O3S. The molecule has 0 amide bonds. The van der Waals surface area contributed by atoms with Crippen molar-refractivity contribution in [1.29, 1.82) is 5.26 Å². The summed E-state index contributed by atoms with van der Waals surface area (Å²) < 4.78 is 33.9.